The molecular formula is C18H19N3O4. The van der Waals surface area contributed by atoms with Crippen LogP contribution in [0.2, 0.25) is 0 Å². The standard InChI is InChI=1S/C18H19N3O4/c1-3-24-16-5-4-14-12(17(16)25-18(23)9(2)22)8-11-13(20)6-10(19)7-15(11)21-14/h4-9,22H,3,19-20H2,1-2H3. The Kier molecular flexibility index (Phi) is 4.33. The van der Waals surface area contributed by atoms with Crippen molar-refractivity contribution in [2.45, 2.75) is 20.0 Å². The number of aliphatic hydroxyl groups excluding tert-OH is 1. The van der Waals surface area contributed by atoms with Gasteiger partial charge in [0.15, 0.2) is 11.5 Å². The summed E-state index contributed by atoms with van der Waals surface area (Å²) in [6, 6.07) is 8.58. The van der Waals surface area contributed by atoms with Crippen molar-refractivity contribution in [1.82, 2.24) is 4.98 Å². The molecule has 0 fully saturated rings. The Labute approximate surface area is 144 Å². The molecule has 0 aliphatic carbocycles. The minimum absolute atomic E-state index is 0.205. The minimum Gasteiger partial charge on any atom is -0.490 e. The van der Waals surface area contributed by atoms with Gasteiger partial charge in [0.05, 0.1) is 17.6 Å². The number of nitrogen functional groups attached to an aromatic ring is 2. The van der Waals surface area contributed by atoms with Crippen molar-refractivity contribution < 1.29 is 19.4 Å². The fourth-order valence-electron chi connectivity index (χ4n) is 2.57. The first-order valence-electron chi connectivity index (χ1n) is 7.85. The van der Waals surface area contributed by atoms with Crippen LogP contribution >= 0.6 is 0 Å². The molecule has 1 heterocycles. The Hall–Kier alpha value is -3.06. The molecule has 1 aromatic heterocycles. The van der Waals surface area contributed by atoms with Crippen LogP contribution in [0, 0.1) is 0 Å². The lowest BCUT2D eigenvalue weighted by Crippen LogP contribution is -2.22. The number of hydrogen-bond donors (Lipinski definition) is 3. The first-order chi connectivity index (χ1) is 11.9. The van der Waals surface area contributed by atoms with E-state index in [1.165, 1.54) is 6.92 Å². The maximum Gasteiger partial charge on any atom is 0.340 e. The minimum atomic E-state index is -1.26. The van der Waals surface area contributed by atoms with Gasteiger partial charge >= 0.3 is 5.97 Å². The first-order valence-corrected chi connectivity index (χ1v) is 7.85. The van der Waals surface area contributed by atoms with Gasteiger partial charge in [0.1, 0.15) is 6.10 Å². The van der Waals surface area contributed by atoms with Crippen LogP contribution in [0.4, 0.5) is 11.4 Å². The Morgan fingerprint density at radius 2 is 1.96 bits per heavy atom. The fourth-order valence-corrected chi connectivity index (χ4v) is 2.57. The van der Waals surface area contributed by atoms with E-state index in [1.807, 2.05) is 6.92 Å². The number of aliphatic hydroxyl groups is 1. The van der Waals surface area contributed by atoms with E-state index in [4.69, 9.17) is 20.9 Å². The van der Waals surface area contributed by atoms with Crippen molar-refractivity contribution in [2.75, 3.05) is 18.1 Å². The molecule has 3 rings (SSSR count). The van der Waals surface area contributed by atoms with Crippen LogP contribution in [-0.4, -0.2) is 28.8 Å². The van der Waals surface area contributed by atoms with Crippen LogP contribution < -0.4 is 20.9 Å². The second-order valence-electron chi connectivity index (χ2n) is 5.65. The number of aromatic nitrogens is 1. The zero-order valence-electron chi connectivity index (χ0n) is 13.9. The number of hydrogen-bond acceptors (Lipinski definition) is 7. The number of nitrogens with two attached hydrogens (primary N) is 2. The van der Waals surface area contributed by atoms with E-state index in [0.29, 0.717) is 45.5 Å². The number of rotatable bonds is 4. The maximum atomic E-state index is 11.9. The van der Waals surface area contributed by atoms with Crippen LogP contribution in [0.25, 0.3) is 21.8 Å². The molecule has 7 heteroatoms. The highest BCUT2D eigenvalue weighted by atomic mass is 16.6. The summed E-state index contributed by atoms with van der Waals surface area (Å²) in [6.07, 6.45) is -1.26. The fraction of sp³-hybridized carbons (Fsp3) is 0.222. The molecule has 7 nitrogen and oxygen atoms in total. The van der Waals surface area contributed by atoms with E-state index in [-0.39, 0.29) is 5.75 Å². The summed E-state index contributed by atoms with van der Waals surface area (Å²) in [4.78, 5) is 16.4. The highest BCUT2D eigenvalue weighted by Gasteiger charge is 2.19. The van der Waals surface area contributed by atoms with Crippen molar-refractivity contribution >= 4 is 39.1 Å². The first kappa shape index (κ1) is 16.8. The topological polar surface area (TPSA) is 121 Å². The van der Waals surface area contributed by atoms with Gasteiger partial charge < -0.3 is 26.0 Å². The number of anilines is 2. The van der Waals surface area contributed by atoms with Gasteiger partial charge in [-0.2, -0.15) is 0 Å². The summed E-state index contributed by atoms with van der Waals surface area (Å²) >= 11 is 0. The second-order valence-corrected chi connectivity index (χ2v) is 5.65. The van der Waals surface area contributed by atoms with Crippen molar-refractivity contribution in [3.63, 3.8) is 0 Å². The van der Waals surface area contributed by atoms with Gasteiger partial charge in [0.2, 0.25) is 0 Å². The number of pyridine rings is 1. The molecule has 0 aliphatic heterocycles. The van der Waals surface area contributed by atoms with Crippen LogP contribution in [0.15, 0.2) is 30.3 Å². The van der Waals surface area contributed by atoms with E-state index in [0.717, 1.165) is 0 Å². The average Bonchev–Trinajstić information content (AvgIpc) is 2.55. The molecule has 0 saturated heterocycles. The molecule has 130 valence electrons. The van der Waals surface area contributed by atoms with E-state index >= 15 is 0 Å². The van der Waals surface area contributed by atoms with E-state index in [1.54, 1.807) is 30.3 Å². The summed E-state index contributed by atoms with van der Waals surface area (Å²) < 4.78 is 10.9. The van der Waals surface area contributed by atoms with Crippen LogP contribution in [0.1, 0.15) is 13.8 Å². The summed E-state index contributed by atoms with van der Waals surface area (Å²) in [6.45, 7) is 3.55. The lowest BCUT2D eigenvalue weighted by molar-refractivity contribution is -0.142. The predicted octanol–water partition coefficient (Wildman–Crippen LogP) is 2.24. The second kappa shape index (κ2) is 6.45. The van der Waals surface area contributed by atoms with Crippen LogP contribution in [-0.2, 0) is 4.79 Å². The van der Waals surface area contributed by atoms with Crippen molar-refractivity contribution in [3.05, 3.63) is 30.3 Å². The van der Waals surface area contributed by atoms with Crippen LogP contribution in [0.5, 0.6) is 11.5 Å². The molecule has 3 aromatic rings. The molecule has 1 atom stereocenters. The SMILES string of the molecule is CCOc1ccc2nc3cc(N)cc(N)c3cc2c1OC(=O)C(C)O. The Balaban J connectivity index is 2.29. The van der Waals surface area contributed by atoms with Gasteiger partial charge in [-0.1, -0.05) is 0 Å². The molecule has 2 aromatic carbocycles. The third-order valence-corrected chi connectivity index (χ3v) is 3.72. The summed E-state index contributed by atoms with van der Waals surface area (Å²) in [5.74, 6) is -0.186. The van der Waals surface area contributed by atoms with Crippen molar-refractivity contribution in [3.8, 4) is 11.5 Å². The number of ether oxygens (including phenoxy) is 2. The predicted molar refractivity (Wildman–Crippen MR) is 96.6 cm³/mol. The monoisotopic (exact) mass is 341 g/mol. The van der Waals surface area contributed by atoms with Crippen molar-refractivity contribution in [2.24, 2.45) is 0 Å². The number of esters is 1. The van der Waals surface area contributed by atoms with Gasteiger partial charge in [-0.3, -0.25) is 0 Å². The zero-order valence-corrected chi connectivity index (χ0v) is 13.9. The quantitative estimate of drug-likeness (QED) is 0.288. The third kappa shape index (κ3) is 3.14. The van der Waals surface area contributed by atoms with E-state index in [9.17, 15) is 9.90 Å². The molecule has 1 unspecified atom stereocenters. The summed E-state index contributed by atoms with van der Waals surface area (Å²) in [7, 11) is 0. The molecule has 25 heavy (non-hydrogen) atoms. The Morgan fingerprint density at radius 1 is 1.20 bits per heavy atom. The van der Waals surface area contributed by atoms with E-state index in [2.05, 4.69) is 4.98 Å². The molecule has 0 amide bonds. The molecular weight excluding hydrogens is 322 g/mol. The van der Waals surface area contributed by atoms with Gasteiger partial charge in [-0.05, 0) is 44.2 Å². The largest absolute Gasteiger partial charge is 0.490 e. The van der Waals surface area contributed by atoms with E-state index < -0.39 is 12.1 Å². The smallest absolute Gasteiger partial charge is 0.340 e. The van der Waals surface area contributed by atoms with Gasteiger partial charge in [0, 0.05) is 22.1 Å². The average molecular weight is 341 g/mol. The summed E-state index contributed by atoms with van der Waals surface area (Å²) in [5, 5.41) is 10.7. The molecule has 0 saturated carbocycles. The maximum absolute atomic E-state index is 11.9. The molecule has 0 aliphatic rings. The number of carbonyl (C=O) groups excluding carboxylic acids is 1. The molecule has 0 spiro atoms. The normalized spacial score (nSPS) is 12.3. The van der Waals surface area contributed by atoms with Crippen LogP contribution in [0.3, 0.4) is 0 Å². The van der Waals surface area contributed by atoms with Gasteiger partial charge in [0.25, 0.3) is 0 Å². The number of carbonyl (C=O) groups is 1. The molecule has 5 N–H and O–H groups in total. The lowest BCUT2D eigenvalue weighted by Gasteiger charge is -2.15. The Bertz CT molecular complexity index is 970. The molecule has 0 bridgehead atoms. The molecule has 0 radical (unpaired) electrons. The highest BCUT2D eigenvalue weighted by Crippen LogP contribution is 2.38. The summed E-state index contributed by atoms with van der Waals surface area (Å²) in [5.41, 5.74) is 14.1. The highest BCUT2D eigenvalue weighted by molar-refractivity contribution is 6.03. The number of benzene rings is 2. The zero-order chi connectivity index (χ0) is 18.1. The van der Waals surface area contributed by atoms with Gasteiger partial charge in [-0.25, -0.2) is 9.78 Å². The van der Waals surface area contributed by atoms with Gasteiger partial charge in [-0.15, -0.1) is 0 Å². The Morgan fingerprint density at radius 3 is 2.64 bits per heavy atom. The van der Waals surface area contributed by atoms with Crippen molar-refractivity contribution in [1.29, 1.82) is 0 Å². The lowest BCUT2D eigenvalue weighted by atomic mass is 10.1. The third-order valence-electron chi connectivity index (χ3n) is 3.72. The number of fused-ring (bicyclic) bond motifs is 2. The number of nitrogens with zero attached hydrogens (tertiary/aromatic N) is 1.